The van der Waals surface area contributed by atoms with Gasteiger partial charge >= 0.3 is 11.9 Å². The van der Waals surface area contributed by atoms with Crippen molar-refractivity contribution in [2.24, 2.45) is 0 Å². The number of carboxylic acids is 2. The van der Waals surface area contributed by atoms with Gasteiger partial charge < -0.3 is 34.5 Å². The van der Waals surface area contributed by atoms with Crippen LogP contribution < -0.4 is 4.74 Å². The molecule has 0 saturated carbocycles. The zero-order valence-electron chi connectivity index (χ0n) is 20.7. The Labute approximate surface area is 213 Å². The third kappa shape index (κ3) is 7.16. The minimum Gasteiger partial charge on any atom is -0.497 e. The van der Waals surface area contributed by atoms with Crippen molar-refractivity contribution >= 4 is 28.7 Å². The van der Waals surface area contributed by atoms with Crippen molar-refractivity contribution in [2.45, 2.75) is 44.4 Å². The third-order valence-electron chi connectivity index (χ3n) is 6.32. The topological polar surface area (TPSA) is 158 Å². The van der Waals surface area contributed by atoms with Gasteiger partial charge in [0.1, 0.15) is 17.1 Å². The molecule has 1 saturated heterocycles. The van der Waals surface area contributed by atoms with Crippen LogP contribution in [0, 0.1) is 0 Å². The molecule has 0 amide bonds. The van der Waals surface area contributed by atoms with Gasteiger partial charge in [0.15, 0.2) is 18.0 Å². The molecule has 2 heterocycles. The molecular weight excluding hydrogens is 482 g/mol. The average Bonchev–Trinajstić information content (AvgIpc) is 3.50. The van der Waals surface area contributed by atoms with E-state index < -0.39 is 24.1 Å². The SMILES string of the molecule is COc1ccc(C(=O)c2ccc3oc(CCN4CCC[C@H]4C)cc3c2)cc1.O=C(O)[C@H](O)[C@@H](O)C(=O)O. The molecule has 37 heavy (non-hydrogen) atoms. The molecule has 0 spiro atoms. The molecule has 0 unspecified atom stereocenters. The summed E-state index contributed by atoms with van der Waals surface area (Å²) in [5.41, 5.74) is 2.17. The first-order chi connectivity index (χ1) is 17.6. The van der Waals surface area contributed by atoms with Crippen molar-refractivity contribution in [3.8, 4) is 5.75 Å². The summed E-state index contributed by atoms with van der Waals surface area (Å²) < 4.78 is 11.1. The summed E-state index contributed by atoms with van der Waals surface area (Å²) in [4.78, 5) is 34.8. The molecule has 4 N–H and O–H groups in total. The lowest BCUT2D eigenvalue weighted by atomic mass is 10.0. The lowest BCUT2D eigenvalue weighted by Crippen LogP contribution is -2.39. The maximum Gasteiger partial charge on any atom is 0.335 e. The number of benzene rings is 2. The number of aliphatic carboxylic acids is 2. The number of furan rings is 1. The van der Waals surface area contributed by atoms with Gasteiger partial charge in [-0.15, -0.1) is 0 Å². The number of carbonyl (C=O) groups excluding carboxylic acids is 1. The molecule has 2 aromatic carbocycles. The lowest BCUT2D eigenvalue weighted by molar-refractivity contribution is -0.165. The number of aliphatic hydroxyl groups is 2. The smallest absolute Gasteiger partial charge is 0.335 e. The number of ketones is 1. The van der Waals surface area contributed by atoms with Gasteiger partial charge in [0.2, 0.25) is 0 Å². The minimum atomic E-state index is -2.27. The summed E-state index contributed by atoms with van der Waals surface area (Å²) in [6, 6.07) is 15.6. The molecule has 3 aromatic rings. The number of methoxy groups -OCH3 is 1. The third-order valence-corrected chi connectivity index (χ3v) is 6.32. The highest BCUT2D eigenvalue weighted by molar-refractivity contribution is 6.10. The zero-order valence-corrected chi connectivity index (χ0v) is 20.7. The molecule has 0 aliphatic carbocycles. The van der Waals surface area contributed by atoms with Crippen molar-refractivity contribution in [3.05, 3.63) is 65.4 Å². The van der Waals surface area contributed by atoms with Gasteiger partial charge in [-0.1, -0.05) is 0 Å². The maximum atomic E-state index is 12.8. The molecule has 1 fully saturated rings. The quantitative estimate of drug-likeness (QED) is 0.313. The fraction of sp³-hybridized carbons (Fsp3) is 0.370. The van der Waals surface area contributed by atoms with Crippen LogP contribution in [0.3, 0.4) is 0 Å². The summed E-state index contributed by atoms with van der Waals surface area (Å²) >= 11 is 0. The van der Waals surface area contributed by atoms with Gasteiger partial charge in [-0.25, -0.2) is 9.59 Å². The molecule has 4 rings (SSSR count). The predicted molar refractivity (Wildman–Crippen MR) is 134 cm³/mol. The summed E-state index contributed by atoms with van der Waals surface area (Å²) in [6.07, 6.45) is -1.05. The molecule has 0 bridgehead atoms. The van der Waals surface area contributed by atoms with Crippen molar-refractivity contribution in [3.63, 3.8) is 0 Å². The molecule has 10 nitrogen and oxygen atoms in total. The molecule has 3 atom stereocenters. The van der Waals surface area contributed by atoms with Crippen LogP contribution in [0.25, 0.3) is 11.0 Å². The van der Waals surface area contributed by atoms with Crippen molar-refractivity contribution in [1.29, 1.82) is 0 Å². The zero-order chi connectivity index (χ0) is 27.1. The number of fused-ring (bicyclic) bond motifs is 1. The number of ether oxygens (including phenoxy) is 1. The Kier molecular flexibility index (Phi) is 9.40. The van der Waals surface area contributed by atoms with E-state index in [1.54, 1.807) is 31.4 Å². The number of rotatable bonds is 9. The van der Waals surface area contributed by atoms with Crippen LogP contribution >= 0.6 is 0 Å². The van der Waals surface area contributed by atoms with E-state index in [-0.39, 0.29) is 5.78 Å². The highest BCUT2D eigenvalue weighted by atomic mass is 16.5. The van der Waals surface area contributed by atoms with Crippen LogP contribution in [0.15, 0.2) is 52.9 Å². The second-order valence-electron chi connectivity index (χ2n) is 8.87. The van der Waals surface area contributed by atoms with Crippen molar-refractivity contribution in [2.75, 3.05) is 20.2 Å². The number of aliphatic hydroxyl groups excluding tert-OH is 2. The average molecular weight is 514 g/mol. The highest BCUT2D eigenvalue weighted by Crippen LogP contribution is 2.24. The number of hydrogen-bond donors (Lipinski definition) is 4. The molecule has 1 aliphatic rings. The molecule has 198 valence electrons. The number of nitrogens with zero attached hydrogens (tertiary/aromatic N) is 1. The monoisotopic (exact) mass is 513 g/mol. The molecule has 1 aromatic heterocycles. The van der Waals surface area contributed by atoms with E-state index in [4.69, 9.17) is 29.6 Å². The Morgan fingerprint density at radius 1 is 1.00 bits per heavy atom. The van der Waals surface area contributed by atoms with E-state index in [0.29, 0.717) is 17.2 Å². The van der Waals surface area contributed by atoms with Gasteiger partial charge in [-0.2, -0.15) is 0 Å². The first-order valence-electron chi connectivity index (χ1n) is 11.9. The van der Waals surface area contributed by atoms with Crippen LogP contribution in [-0.4, -0.2) is 81.5 Å². The van der Waals surface area contributed by atoms with Gasteiger partial charge in [0.25, 0.3) is 0 Å². The number of carbonyl (C=O) groups is 3. The molecule has 0 radical (unpaired) electrons. The van der Waals surface area contributed by atoms with E-state index in [0.717, 1.165) is 35.4 Å². The van der Waals surface area contributed by atoms with E-state index >= 15 is 0 Å². The molecule has 10 heteroatoms. The van der Waals surface area contributed by atoms with Crippen LogP contribution in [0.4, 0.5) is 0 Å². The fourth-order valence-electron chi connectivity index (χ4n) is 4.12. The largest absolute Gasteiger partial charge is 0.497 e. The summed E-state index contributed by atoms with van der Waals surface area (Å²) in [5, 5.41) is 33.5. The van der Waals surface area contributed by atoms with Crippen LogP contribution in [0.5, 0.6) is 5.75 Å². The first kappa shape index (κ1) is 27.9. The molecular formula is C27H31NO9. The maximum absolute atomic E-state index is 12.8. The Balaban J connectivity index is 0.000000325. The van der Waals surface area contributed by atoms with Crippen LogP contribution in [0.2, 0.25) is 0 Å². The van der Waals surface area contributed by atoms with Crippen LogP contribution in [-0.2, 0) is 16.0 Å². The van der Waals surface area contributed by atoms with Gasteiger partial charge in [0, 0.05) is 35.5 Å². The Morgan fingerprint density at radius 2 is 1.62 bits per heavy atom. The fourth-order valence-corrected chi connectivity index (χ4v) is 4.12. The van der Waals surface area contributed by atoms with E-state index in [1.165, 1.54) is 19.4 Å². The van der Waals surface area contributed by atoms with Gasteiger partial charge in [-0.05, 0) is 74.8 Å². The summed E-state index contributed by atoms with van der Waals surface area (Å²) in [5.74, 6) is -1.80. The van der Waals surface area contributed by atoms with Crippen LogP contribution in [0.1, 0.15) is 41.4 Å². The summed E-state index contributed by atoms with van der Waals surface area (Å²) in [7, 11) is 1.62. The molecule has 1 aliphatic heterocycles. The van der Waals surface area contributed by atoms with Gasteiger partial charge in [-0.3, -0.25) is 4.79 Å². The Bertz CT molecular complexity index is 1220. The van der Waals surface area contributed by atoms with Crippen molar-refractivity contribution < 1.29 is 44.0 Å². The number of hydrogen-bond acceptors (Lipinski definition) is 8. The van der Waals surface area contributed by atoms with E-state index in [1.807, 2.05) is 18.2 Å². The number of likely N-dealkylation sites (tertiary alicyclic amines) is 1. The second-order valence-corrected chi connectivity index (χ2v) is 8.87. The lowest BCUT2D eigenvalue weighted by Gasteiger charge is -2.19. The normalized spacial score (nSPS) is 17.0. The highest BCUT2D eigenvalue weighted by Gasteiger charge is 2.29. The second kappa shape index (κ2) is 12.5. The minimum absolute atomic E-state index is 0.00759. The predicted octanol–water partition coefficient (Wildman–Crippen LogP) is 2.58. The summed E-state index contributed by atoms with van der Waals surface area (Å²) in [6.45, 7) is 4.50. The Hall–Kier alpha value is -3.73. The van der Waals surface area contributed by atoms with E-state index in [9.17, 15) is 14.4 Å². The van der Waals surface area contributed by atoms with Gasteiger partial charge in [0.05, 0.1) is 7.11 Å². The first-order valence-corrected chi connectivity index (χ1v) is 11.9. The Morgan fingerprint density at radius 3 is 2.16 bits per heavy atom. The van der Waals surface area contributed by atoms with Crippen molar-refractivity contribution in [1.82, 2.24) is 4.90 Å². The van der Waals surface area contributed by atoms with E-state index in [2.05, 4.69) is 17.9 Å². The standard InChI is InChI=1S/C23H25NO3.C4H6O6/c1-16-4-3-12-24(16)13-11-21-15-19-14-18(7-10-22(19)27-21)23(25)17-5-8-20(26-2)9-6-17;5-1(3(7)8)2(6)4(9)10/h5-10,14-16H,3-4,11-13H2,1-2H3;1-2,5-6H,(H,7,8)(H,9,10)/t16-;1-,2-/m11/s1. The number of carboxylic acid groups (broad SMARTS) is 2.